The predicted octanol–water partition coefficient (Wildman–Crippen LogP) is 5.93. The highest BCUT2D eigenvalue weighted by Gasteiger charge is 2.65. The lowest BCUT2D eigenvalue weighted by Gasteiger charge is -2.41. The van der Waals surface area contributed by atoms with Crippen LogP contribution in [0.3, 0.4) is 0 Å². The third-order valence-electron chi connectivity index (χ3n) is 5.48. The maximum Gasteiger partial charge on any atom is 0.319 e. The molecule has 4 rings (SSSR count). The molecule has 0 radical (unpaired) electrons. The summed E-state index contributed by atoms with van der Waals surface area (Å²) in [4.78, 5) is 10.5. The van der Waals surface area contributed by atoms with Gasteiger partial charge < -0.3 is 20.5 Å². The number of halogens is 5. The van der Waals surface area contributed by atoms with Gasteiger partial charge >= 0.3 is 16.3 Å². The van der Waals surface area contributed by atoms with E-state index in [4.69, 9.17) is 4.74 Å². The summed E-state index contributed by atoms with van der Waals surface area (Å²) in [7, 11) is -9.96. The van der Waals surface area contributed by atoms with E-state index in [1.165, 1.54) is 0 Å². The first-order valence-corrected chi connectivity index (χ1v) is 11.8. The summed E-state index contributed by atoms with van der Waals surface area (Å²) in [6.07, 6.45) is 1.35. The molecule has 1 heterocycles. The van der Waals surface area contributed by atoms with E-state index in [1.54, 1.807) is 30.3 Å². The third kappa shape index (κ3) is 4.74. The smallest absolute Gasteiger partial charge is 0.319 e. The number of urea groups is 1. The average Bonchev–Trinajstić information content (AvgIpc) is 3.02. The van der Waals surface area contributed by atoms with Crippen LogP contribution >= 0.6 is 10.2 Å². The maximum atomic E-state index is 13.4. The van der Waals surface area contributed by atoms with Crippen molar-refractivity contribution < 1.29 is 34.1 Å². The van der Waals surface area contributed by atoms with Crippen molar-refractivity contribution in [1.29, 1.82) is 0 Å². The Morgan fingerprint density at radius 3 is 2.53 bits per heavy atom. The number of hydrogen-bond donors (Lipinski definition) is 3. The monoisotopic (exact) mass is 476 g/mol. The Kier molecular flexibility index (Phi) is 5.07. The number of anilines is 1. The van der Waals surface area contributed by atoms with E-state index >= 15 is 0 Å². The van der Waals surface area contributed by atoms with Crippen LogP contribution in [0.15, 0.2) is 53.4 Å². The first kappa shape index (κ1) is 22.6. The fourth-order valence-corrected chi connectivity index (χ4v) is 4.63. The minimum absolute atomic E-state index is 0.196. The van der Waals surface area contributed by atoms with Gasteiger partial charge in [0, 0.05) is 12.0 Å². The molecule has 0 saturated carbocycles. The van der Waals surface area contributed by atoms with Crippen LogP contribution in [0.2, 0.25) is 0 Å². The standard InChI is InChI=1S/C21H21F5N2O3S/c22-32(23,24,25,26)15-5-6-16(13-7-9-31-10-8-13)18(12-15)27-21(30)28-20-17-4-2-1-3-14(17)11-19(20)29/h1-7,12,19-20,29H,8-11H2,(H2,27,28,30)/t19-,20+/m0/s1. The molecule has 2 aliphatic rings. The van der Waals surface area contributed by atoms with E-state index in [0.717, 1.165) is 11.6 Å². The van der Waals surface area contributed by atoms with Crippen molar-refractivity contribution >= 4 is 27.5 Å². The summed E-state index contributed by atoms with van der Waals surface area (Å²) in [6.45, 7) is 0.529. The normalized spacial score (nSPS) is 22.9. The molecule has 0 saturated heterocycles. The molecule has 2 atom stereocenters. The van der Waals surface area contributed by atoms with Crippen LogP contribution in [0.1, 0.15) is 29.2 Å². The minimum Gasteiger partial charge on any atom is -0.390 e. The highest BCUT2D eigenvalue weighted by atomic mass is 32.5. The van der Waals surface area contributed by atoms with E-state index in [0.29, 0.717) is 36.7 Å². The molecule has 0 spiro atoms. The van der Waals surface area contributed by atoms with Crippen LogP contribution in [-0.2, 0) is 11.2 Å². The number of hydrogen-bond acceptors (Lipinski definition) is 3. The molecule has 2 amide bonds. The number of carbonyl (C=O) groups is 1. The van der Waals surface area contributed by atoms with Crippen LogP contribution < -0.4 is 10.6 Å². The minimum atomic E-state index is -9.96. The van der Waals surface area contributed by atoms with E-state index in [-0.39, 0.29) is 18.2 Å². The maximum absolute atomic E-state index is 13.4. The first-order valence-electron chi connectivity index (χ1n) is 9.80. The Bertz CT molecular complexity index is 1110. The second kappa shape index (κ2) is 7.19. The predicted molar refractivity (Wildman–Crippen MR) is 112 cm³/mol. The number of ether oxygens (including phenoxy) is 1. The number of benzene rings is 2. The van der Waals surface area contributed by atoms with Gasteiger partial charge in [-0.05, 0) is 35.3 Å². The molecule has 2 aromatic rings. The van der Waals surface area contributed by atoms with Gasteiger partial charge in [-0.1, -0.05) is 55.8 Å². The van der Waals surface area contributed by atoms with Gasteiger partial charge in [-0.3, -0.25) is 0 Å². The Labute approximate surface area is 181 Å². The molecule has 1 aliphatic carbocycles. The number of rotatable bonds is 4. The largest absolute Gasteiger partial charge is 0.390 e. The summed E-state index contributed by atoms with van der Waals surface area (Å²) in [5.41, 5.74) is 1.89. The molecule has 32 heavy (non-hydrogen) atoms. The van der Waals surface area contributed by atoms with Gasteiger partial charge in [-0.15, -0.1) is 0 Å². The number of fused-ring (bicyclic) bond motifs is 1. The zero-order valence-electron chi connectivity index (χ0n) is 16.7. The lowest BCUT2D eigenvalue weighted by atomic mass is 9.99. The van der Waals surface area contributed by atoms with Crippen molar-refractivity contribution in [3.8, 4) is 0 Å². The van der Waals surface area contributed by atoms with Crippen molar-refractivity contribution in [2.75, 3.05) is 18.5 Å². The van der Waals surface area contributed by atoms with Crippen molar-refractivity contribution in [2.45, 2.75) is 29.9 Å². The molecule has 5 nitrogen and oxygen atoms in total. The quantitative estimate of drug-likeness (QED) is 0.479. The Morgan fingerprint density at radius 2 is 1.84 bits per heavy atom. The molecule has 0 fully saturated rings. The second-order valence-electron chi connectivity index (χ2n) is 7.78. The average molecular weight is 476 g/mol. The number of nitrogens with one attached hydrogen (secondary N) is 2. The first-order chi connectivity index (χ1) is 14.8. The Hall–Kier alpha value is -2.63. The summed E-state index contributed by atoms with van der Waals surface area (Å²) in [6, 6.07) is 6.86. The topological polar surface area (TPSA) is 70.6 Å². The number of aliphatic hydroxyl groups is 1. The molecular weight excluding hydrogens is 455 g/mol. The molecule has 0 unspecified atom stereocenters. The number of amides is 2. The molecule has 0 bridgehead atoms. The molecule has 11 heteroatoms. The Morgan fingerprint density at radius 1 is 1.09 bits per heavy atom. The summed E-state index contributed by atoms with van der Waals surface area (Å²) in [5, 5.41) is 15.1. The molecule has 1 aliphatic heterocycles. The van der Waals surface area contributed by atoms with Crippen LogP contribution in [0.5, 0.6) is 0 Å². The van der Waals surface area contributed by atoms with Gasteiger partial charge in [0.25, 0.3) is 0 Å². The third-order valence-corrected chi connectivity index (χ3v) is 6.63. The van der Waals surface area contributed by atoms with Crippen molar-refractivity contribution in [1.82, 2.24) is 5.32 Å². The Balaban J connectivity index is 1.65. The van der Waals surface area contributed by atoms with E-state index in [1.807, 2.05) is 0 Å². The van der Waals surface area contributed by atoms with Gasteiger partial charge in [-0.2, -0.15) is 0 Å². The summed E-state index contributed by atoms with van der Waals surface area (Å²) in [5.74, 6) is 0. The van der Waals surface area contributed by atoms with Gasteiger partial charge in [0.2, 0.25) is 0 Å². The number of carbonyl (C=O) groups excluding carboxylic acids is 1. The summed E-state index contributed by atoms with van der Waals surface area (Å²) >= 11 is 0. The van der Waals surface area contributed by atoms with Crippen LogP contribution in [0.25, 0.3) is 5.57 Å². The molecule has 174 valence electrons. The van der Waals surface area contributed by atoms with Gasteiger partial charge in [0.05, 0.1) is 31.0 Å². The van der Waals surface area contributed by atoms with Crippen molar-refractivity contribution in [3.05, 3.63) is 65.2 Å². The van der Waals surface area contributed by atoms with E-state index in [2.05, 4.69) is 10.6 Å². The molecule has 0 aromatic heterocycles. The van der Waals surface area contributed by atoms with Crippen molar-refractivity contribution in [3.63, 3.8) is 0 Å². The van der Waals surface area contributed by atoms with Crippen molar-refractivity contribution in [2.24, 2.45) is 0 Å². The lowest BCUT2D eigenvalue weighted by Crippen LogP contribution is -2.37. The zero-order chi connectivity index (χ0) is 23.2. The van der Waals surface area contributed by atoms with Gasteiger partial charge in [0.15, 0.2) is 0 Å². The van der Waals surface area contributed by atoms with E-state index in [9.17, 15) is 29.3 Å². The SMILES string of the molecule is O=C(Nc1cc(S(F)(F)(F)(F)F)ccc1C1=CCOCC1)N[C@@H]1c2ccccc2C[C@@H]1O. The van der Waals surface area contributed by atoms with Gasteiger partial charge in [0.1, 0.15) is 4.90 Å². The lowest BCUT2D eigenvalue weighted by molar-refractivity contribution is 0.144. The molecule has 2 aromatic carbocycles. The van der Waals surface area contributed by atoms with Gasteiger partial charge in [-0.25, -0.2) is 4.79 Å². The molecule has 3 N–H and O–H groups in total. The highest BCUT2D eigenvalue weighted by Crippen LogP contribution is 3.02. The molecular formula is C21H21F5N2O3S. The van der Waals surface area contributed by atoms with Crippen LogP contribution in [-0.4, -0.2) is 30.5 Å². The zero-order valence-corrected chi connectivity index (χ0v) is 17.5. The highest BCUT2D eigenvalue weighted by molar-refractivity contribution is 8.45. The summed E-state index contributed by atoms with van der Waals surface area (Å²) < 4.78 is 72.1. The second-order valence-corrected chi connectivity index (χ2v) is 10.2. The van der Waals surface area contributed by atoms with E-state index < -0.39 is 39.0 Å². The fraction of sp³-hybridized carbons (Fsp3) is 0.286. The number of aliphatic hydroxyl groups excluding tert-OH is 1. The van der Waals surface area contributed by atoms with Crippen LogP contribution in [0.4, 0.5) is 29.9 Å². The van der Waals surface area contributed by atoms with Crippen LogP contribution in [0, 0.1) is 0 Å². The fourth-order valence-electron chi connectivity index (χ4n) is 3.97.